The van der Waals surface area contributed by atoms with Crippen LogP contribution in [0, 0.1) is 5.92 Å². The van der Waals surface area contributed by atoms with Gasteiger partial charge in [-0.25, -0.2) is 9.69 Å². The van der Waals surface area contributed by atoms with E-state index < -0.39 is 35.2 Å². The number of carbonyl (C=O) groups excluding carboxylic acids is 4. The third-order valence-corrected chi connectivity index (χ3v) is 10.9. The largest absolute Gasteiger partial charge is 0.862 e. The minimum Gasteiger partial charge on any atom is -0.862 e. The molecular weight excluding hydrogens is 773 g/mol. The van der Waals surface area contributed by atoms with E-state index in [2.05, 4.69) is 100 Å². The van der Waals surface area contributed by atoms with Crippen LogP contribution < -0.4 is 14.7 Å². The van der Waals surface area contributed by atoms with Gasteiger partial charge in [0.15, 0.2) is 11.9 Å². The molecule has 0 spiro atoms. The summed E-state index contributed by atoms with van der Waals surface area (Å²) in [6.45, 7) is 20.9. The Labute approximate surface area is 363 Å². The molecular formula is C48H71N6O7+. The van der Waals surface area contributed by atoms with Gasteiger partial charge in [-0.3, -0.25) is 9.59 Å². The van der Waals surface area contributed by atoms with Crippen molar-refractivity contribution in [2.75, 3.05) is 13.1 Å². The van der Waals surface area contributed by atoms with E-state index >= 15 is 0 Å². The number of aromatic nitrogens is 3. The number of ether oxygens (including phenoxy) is 1. The molecule has 0 saturated carbocycles. The van der Waals surface area contributed by atoms with E-state index in [0.717, 1.165) is 54.7 Å². The number of hydrogen-bond acceptors (Lipinski definition) is 9. The summed E-state index contributed by atoms with van der Waals surface area (Å²) in [6, 6.07) is 17.0. The SMILES string of the molecule is Cn1n[n+](Cc2ccc(C(C)(C)C)cc2)cc1CCCCCC(=O)ON1C(=O)CC(CC([O-])=NCCCCCC[NH+](Cc2ccc(C(C)(C)C)cc2)C(=O)OC(C)(C)C)C1=O. The smallest absolute Gasteiger partial charge is 0.515 e. The summed E-state index contributed by atoms with van der Waals surface area (Å²) in [5.74, 6) is -3.31. The highest BCUT2D eigenvalue weighted by Crippen LogP contribution is 2.25. The molecule has 1 N–H and O–H groups in total. The first-order valence-corrected chi connectivity index (χ1v) is 22.1. The molecule has 0 bridgehead atoms. The van der Waals surface area contributed by atoms with Gasteiger partial charge in [0.25, 0.3) is 11.8 Å². The molecule has 4 rings (SSSR count). The molecule has 0 radical (unpaired) electrons. The second-order valence-electron chi connectivity index (χ2n) is 19.6. The van der Waals surface area contributed by atoms with E-state index in [0.29, 0.717) is 44.1 Å². The number of aryl methyl sites for hydroxylation is 2. The first-order valence-electron chi connectivity index (χ1n) is 22.1. The Kier molecular flexibility index (Phi) is 17.4. The third kappa shape index (κ3) is 16.1. The average molecular weight is 844 g/mol. The molecule has 1 aliphatic rings. The fourth-order valence-corrected chi connectivity index (χ4v) is 7.20. The first-order chi connectivity index (χ1) is 28.6. The molecule has 3 amide bonds. The van der Waals surface area contributed by atoms with Crippen LogP contribution in [0.1, 0.15) is 154 Å². The zero-order valence-corrected chi connectivity index (χ0v) is 38.5. The number of nitrogens with zero attached hydrogens (tertiary/aromatic N) is 5. The summed E-state index contributed by atoms with van der Waals surface area (Å²) in [6.07, 6.45) is 7.53. The number of benzene rings is 2. The lowest BCUT2D eigenvalue weighted by Gasteiger charge is -2.24. The second-order valence-corrected chi connectivity index (χ2v) is 19.6. The van der Waals surface area contributed by atoms with Crippen molar-refractivity contribution >= 4 is 29.8 Å². The van der Waals surface area contributed by atoms with Gasteiger partial charge in [0.2, 0.25) is 0 Å². The lowest BCUT2D eigenvalue weighted by Crippen LogP contribution is -3.13. The molecule has 1 aliphatic heterocycles. The normalized spacial score (nSPS) is 15.7. The summed E-state index contributed by atoms with van der Waals surface area (Å²) in [5.41, 5.74) is 5.44. The van der Waals surface area contributed by atoms with Crippen LogP contribution in [0.4, 0.5) is 4.79 Å². The van der Waals surface area contributed by atoms with Crippen molar-refractivity contribution in [1.82, 2.24) is 15.0 Å². The van der Waals surface area contributed by atoms with E-state index in [1.54, 1.807) is 0 Å². The van der Waals surface area contributed by atoms with Gasteiger partial charge >= 0.3 is 12.1 Å². The maximum absolute atomic E-state index is 13.1. The molecule has 1 saturated heterocycles. The Balaban J connectivity index is 1.11. The van der Waals surface area contributed by atoms with Crippen LogP contribution in [0.5, 0.6) is 0 Å². The number of imide groups is 1. The number of carbonyl (C=O) groups is 4. The zero-order valence-electron chi connectivity index (χ0n) is 38.5. The lowest BCUT2D eigenvalue weighted by molar-refractivity contribution is -0.839. The van der Waals surface area contributed by atoms with E-state index in [1.807, 2.05) is 43.4 Å². The highest BCUT2D eigenvalue weighted by Gasteiger charge is 2.41. The third-order valence-electron chi connectivity index (χ3n) is 10.9. The van der Waals surface area contributed by atoms with Crippen LogP contribution in [0.3, 0.4) is 0 Å². The number of hydroxylamine groups is 2. The number of aliphatic imine (C=N–C) groups is 1. The van der Waals surface area contributed by atoms with Crippen LogP contribution in [0.15, 0.2) is 59.7 Å². The molecule has 0 aliphatic carbocycles. The van der Waals surface area contributed by atoms with Gasteiger partial charge in [-0.2, -0.15) is 4.79 Å². The van der Waals surface area contributed by atoms with Crippen molar-refractivity contribution in [3.05, 3.63) is 82.7 Å². The molecule has 1 aromatic heterocycles. The zero-order chi connectivity index (χ0) is 45.0. The Morgan fingerprint density at radius 3 is 2.03 bits per heavy atom. The minimum atomic E-state index is -0.896. The lowest BCUT2D eigenvalue weighted by atomic mass is 9.87. The highest BCUT2D eigenvalue weighted by molar-refractivity contribution is 6.04. The van der Waals surface area contributed by atoms with Gasteiger partial charge in [-0.05, 0) is 92.7 Å². The van der Waals surface area contributed by atoms with Gasteiger partial charge in [-0.1, -0.05) is 103 Å². The number of nitrogens with one attached hydrogen (secondary N) is 1. The van der Waals surface area contributed by atoms with E-state index in [9.17, 15) is 24.3 Å². The van der Waals surface area contributed by atoms with E-state index in [4.69, 9.17) is 9.57 Å². The molecule has 2 unspecified atom stereocenters. The number of hydrogen-bond donors (Lipinski definition) is 1. The van der Waals surface area contributed by atoms with Crippen LogP contribution >= 0.6 is 0 Å². The average Bonchev–Trinajstić information content (AvgIpc) is 3.64. The Morgan fingerprint density at radius 2 is 1.43 bits per heavy atom. The van der Waals surface area contributed by atoms with Gasteiger partial charge in [0, 0.05) is 31.4 Å². The number of amides is 3. The van der Waals surface area contributed by atoms with Gasteiger partial charge < -0.3 is 19.7 Å². The fourth-order valence-electron chi connectivity index (χ4n) is 7.20. The monoisotopic (exact) mass is 844 g/mol. The first kappa shape index (κ1) is 48.8. The Hall–Kier alpha value is -4.91. The Morgan fingerprint density at radius 1 is 0.836 bits per heavy atom. The number of quaternary nitrogens is 1. The predicted octanol–water partition coefficient (Wildman–Crippen LogP) is 6.02. The van der Waals surface area contributed by atoms with Crippen molar-refractivity contribution in [1.29, 1.82) is 0 Å². The molecule has 2 atom stereocenters. The molecule has 13 nitrogen and oxygen atoms in total. The van der Waals surface area contributed by atoms with Gasteiger partial charge in [0.05, 0.1) is 17.7 Å². The molecule has 3 aromatic rings. The quantitative estimate of drug-likeness (QED) is 0.0478. The van der Waals surface area contributed by atoms with Crippen LogP contribution in [-0.2, 0) is 61.3 Å². The highest BCUT2D eigenvalue weighted by atomic mass is 16.7. The maximum atomic E-state index is 13.1. The summed E-state index contributed by atoms with van der Waals surface area (Å²) >= 11 is 0. The summed E-state index contributed by atoms with van der Waals surface area (Å²) in [7, 11) is 1.92. The topological polar surface area (TPSA) is 152 Å². The van der Waals surface area contributed by atoms with Crippen LogP contribution in [0.25, 0.3) is 0 Å². The predicted molar refractivity (Wildman–Crippen MR) is 232 cm³/mol. The summed E-state index contributed by atoms with van der Waals surface area (Å²) in [5, 5.41) is 17.8. The molecule has 2 heterocycles. The van der Waals surface area contributed by atoms with Crippen molar-refractivity contribution in [2.45, 2.75) is 162 Å². The van der Waals surface area contributed by atoms with Crippen molar-refractivity contribution < 1.29 is 43.4 Å². The summed E-state index contributed by atoms with van der Waals surface area (Å²) < 4.78 is 9.53. The number of rotatable bonds is 20. The molecule has 334 valence electrons. The minimum absolute atomic E-state index is 0.0494. The molecule has 13 heteroatoms. The van der Waals surface area contributed by atoms with Crippen molar-refractivity contribution in [2.24, 2.45) is 18.0 Å². The van der Waals surface area contributed by atoms with Crippen molar-refractivity contribution in [3.8, 4) is 0 Å². The van der Waals surface area contributed by atoms with Crippen LogP contribution in [-0.4, -0.2) is 63.4 Å². The second kappa shape index (κ2) is 21.7. The van der Waals surface area contributed by atoms with Gasteiger partial charge in [-0.15, -0.1) is 14.4 Å². The molecule has 2 aromatic carbocycles. The number of unbranched alkanes of at least 4 members (excludes halogenated alkanes) is 5. The maximum Gasteiger partial charge on any atom is 0.515 e. The number of alkyl carbamates (subject to hydrolysis) is 2. The van der Waals surface area contributed by atoms with E-state index in [1.165, 1.54) is 16.7 Å². The Bertz CT molecular complexity index is 1950. The standard InChI is InChI=1S/C48H70N6O7/c1-46(2,3)38-24-20-35(21-25-38)32-52(45(59)60-48(7,8)9)29-17-12-11-16-28-49-41(55)30-37-31-42(56)54(44(37)58)61-43(57)19-15-13-14-18-40-34-53(50-51(40)10)33-36-22-26-39(27-23-36)47(4,5)6/h20-27,34,37H,11-19,28-33H2,1-10H3/p+1. The fraction of sp³-hybridized carbons (Fsp3) is 0.604. The van der Waals surface area contributed by atoms with Gasteiger partial charge in [0.1, 0.15) is 25.7 Å². The summed E-state index contributed by atoms with van der Waals surface area (Å²) in [4.78, 5) is 61.1. The molecule has 1 fully saturated rings. The van der Waals surface area contributed by atoms with E-state index in [-0.39, 0.29) is 36.2 Å². The van der Waals surface area contributed by atoms with Crippen LogP contribution in [0.2, 0.25) is 0 Å². The van der Waals surface area contributed by atoms with Crippen molar-refractivity contribution in [3.63, 3.8) is 0 Å². The molecule has 61 heavy (non-hydrogen) atoms.